The van der Waals surface area contributed by atoms with Gasteiger partial charge in [-0.15, -0.1) is 0 Å². The van der Waals surface area contributed by atoms with Gasteiger partial charge in [0.05, 0.1) is 18.7 Å². The summed E-state index contributed by atoms with van der Waals surface area (Å²) in [4.78, 5) is 17.2. The minimum absolute atomic E-state index is 0.116. The van der Waals surface area contributed by atoms with E-state index in [9.17, 15) is 4.79 Å². The topological polar surface area (TPSA) is 85.6 Å². The molecular weight excluding hydrogens is 382 g/mol. The second-order valence-electron chi connectivity index (χ2n) is 7.28. The molecule has 7 nitrogen and oxygen atoms in total. The molecule has 0 aliphatic carbocycles. The first-order valence-electron chi connectivity index (χ1n) is 10.0. The van der Waals surface area contributed by atoms with Crippen molar-refractivity contribution in [3.05, 3.63) is 58.4 Å². The van der Waals surface area contributed by atoms with Crippen molar-refractivity contribution in [2.75, 3.05) is 26.9 Å². The van der Waals surface area contributed by atoms with Crippen LogP contribution < -0.4 is 10.1 Å². The number of nitrogens with one attached hydrogen (secondary N) is 1. The number of rotatable bonds is 9. The zero-order valence-corrected chi connectivity index (χ0v) is 18.0. The van der Waals surface area contributed by atoms with E-state index in [-0.39, 0.29) is 19.1 Å². The molecule has 0 fully saturated rings. The Kier molecular flexibility index (Phi) is 7.07. The van der Waals surface area contributed by atoms with Crippen LogP contribution in [0.1, 0.15) is 32.9 Å². The number of aromatic nitrogens is 2. The lowest BCUT2D eigenvalue weighted by molar-refractivity contribution is 0.0944. The first-order chi connectivity index (χ1) is 14.5. The van der Waals surface area contributed by atoms with Gasteiger partial charge in [0.1, 0.15) is 23.7 Å². The van der Waals surface area contributed by atoms with Gasteiger partial charge in [-0.1, -0.05) is 18.2 Å². The molecule has 1 aromatic heterocycles. The fraction of sp³-hybridized carbons (Fsp3) is 0.391. The van der Waals surface area contributed by atoms with Crippen LogP contribution in [0.25, 0.3) is 11.0 Å². The standard InChI is InChI=1S/C23H29N3O4/c1-15-6-5-7-16(2)19(15)14-30-21-13-18(23(28)24-8-10-27)12-20-22(21)26(9-11-29-4)17(3)25-20/h5-7,12-13,27H,8-11,14H2,1-4H3,(H,24,28). The molecule has 0 aliphatic heterocycles. The van der Waals surface area contributed by atoms with Crippen LogP contribution in [-0.2, 0) is 17.9 Å². The van der Waals surface area contributed by atoms with Gasteiger partial charge in [0.2, 0.25) is 0 Å². The number of fused-ring (bicyclic) bond motifs is 1. The Morgan fingerprint density at radius 1 is 1.20 bits per heavy atom. The Hall–Kier alpha value is -2.90. The summed E-state index contributed by atoms with van der Waals surface area (Å²) in [6.07, 6.45) is 0. The first-order valence-corrected chi connectivity index (χ1v) is 10.0. The Morgan fingerprint density at radius 3 is 2.60 bits per heavy atom. The molecule has 3 aromatic rings. The summed E-state index contributed by atoms with van der Waals surface area (Å²) < 4.78 is 13.6. The number of carbonyl (C=O) groups is 1. The molecule has 30 heavy (non-hydrogen) atoms. The highest BCUT2D eigenvalue weighted by Crippen LogP contribution is 2.30. The number of aliphatic hydroxyl groups excluding tert-OH is 1. The summed E-state index contributed by atoms with van der Waals surface area (Å²) in [5.41, 5.74) is 5.43. The molecule has 160 valence electrons. The van der Waals surface area contributed by atoms with Gasteiger partial charge in [0.25, 0.3) is 5.91 Å². The van der Waals surface area contributed by atoms with Crippen molar-refractivity contribution in [3.63, 3.8) is 0 Å². The van der Waals surface area contributed by atoms with Crippen LogP contribution in [0.15, 0.2) is 30.3 Å². The number of amides is 1. The third-order valence-electron chi connectivity index (χ3n) is 5.19. The van der Waals surface area contributed by atoms with Crippen molar-refractivity contribution in [3.8, 4) is 5.75 Å². The molecule has 1 heterocycles. The third kappa shape index (κ3) is 4.63. The third-order valence-corrected chi connectivity index (χ3v) is 5.19. The van der Waals surface area contributed by atoms with Crippen molar-refractivity contribution in [1.82, 2.24) is 14.9 Å². The largest absolute Gasteiger partial charge is 0.487 e. The lowest BCUT2D eigenvalue weighted by Gasteiger charge is -2.15. The Bertz CT molecular complexity index is 1020. The van der Waals surface area contributed by atoms with E-state index >= 15 is 0 Å². The number of nitrogens with zero attached hydrogens (tertiary/aromatic N) is 2. The fourth-order valence-corrected chi connectivity index (χ4v) is 3.54. The summed E-state index contributed by atoms with van der Waals surface area (Å²) in [6, 6.07) is 9.65. The maximum atomic E-state index is 12.5. The van der Waals surface area contributed by atoms with Gasteiger partial charge in [-0.05, 0) is 49.6 Å². The minimum Gasteiger partial charge on any atom is -0.487 e. The maximum Gasteiger partial charge on any atom is 0.251 e. The lowest BCUT2D eigenvalue weighted by atomic mass is 10.0. The molecule has 0 aliphatic rings. The minimum atomic E-state index is -0.271. The van der Waals surface area contributed by atoms with Crippen molar-refractivity contribution in [2.24, 2.45) is 0 Å². The molecule has 0 spiro atoms. The summed E-state index contributed by atoms with van der Waals surface area (Å²) in [7, 11) is 1.66. The number of aryl methyl sites for hydroxylation is 3. The van der Waals surface area contributed by atoms with E-state index in [0.29, 0.717) is 36.6 Å². The zero-order valence-electron chi connectivity index (χ0n) is 18.0. The number of benzene rings is 2. The van der Waals surface area contributed by atoms with E-state index in [4.69, 9.17) is 14.6 Å². The maximum absolute atomic E-state index is 12.5. The van der Waals surface area contributed by atoms with Crippen LogP contribution in [0, 0.1) is 20.8 Å². The van der Waals surface area contributed by atoms with Crippen LogP contribution in [-0.4, -0.2) is 47.4 Å². The zero-order chi connectivity index (χ0) is 21.7. The summed E-state index contributed by atoms with van der Waals surface area (Å²) >= 11 is 0. The monoisotopic (exact) mass is 411 g/mol. The van der Waals surface area contributed by atoms with E-state index in [2.05, 4.69) is 36.3 Å². The molecule has 0 atom stereocenters. The Labute approximate surface area is 176 Å². The molecule has 2 N–H and O–H groups in total. The average molecular weight is 412 g/mol. The van der Waals surface area contributed by atoms with Crippen LogP contribution in [0.4, 0.5) is 0 Å². The quantitative estimate of drug-likeness (QED) is 0.566. The van der Waals surface area contributed by atoms with Gasteiger partial charge in [-0.25, -0.2) is 4.98 Å². The summed E-state index contributed by atoms with van der Waals surface area (Å²) in [5, 5.41) is 11.7. The van der Waals surface area contributed by atoms with E-state index in [1.54, 1.807) is 19.2 Å². The van der Waals surface area contributed by atoms with Crippen molar-refractivity contribution in [2.45, 2.75) is 33.9 Å². The molecule has 1 amide bonds. The highest BCUT2D eigenvalue weighted by molar-refractivity contribution is 5.99. The van der Waals surface area contributed by atoms with E-state index in [1.807, 2.05) is 17.6 Å². The number of methoxy groups -OCH3 is 1. The number of ether oxygens (including phenoxy) is 2. The molecule has 0 saturated carbocycles. The summed E-state index contributed by atoms with van der Waals surface area (Å²) in [6.45, 7) is 7.70. The van der Waals surface area contributed by atoms with Gasteiger partial charge in [-0.2, -0.15) is 0 Å². The Morgan fingerprint density at radius 2 is 1.93 bits per heavy atom. The summed E-state index contributed by atoms with van der Waals surface area (Å²) in [5.74, 6) is 1.15. The highest BCUT2D eigenvalue weighted by Gasteiger charge is 2.18. The van der Waals surface area contributed by atoms with Crippen LogP contribution >= 0.6 is 0 Å². The van der Waals surface area contributed by atoms with Gasteiger partial charge < -0.3 is 24.5 Å². The number of imidazole rings is 1. The molecule has 0 bridgehead atoms. The number of carbonyl (C=O) groups excluding carboxylic acids is 1. The molecule has 3 rings (SSSR count). The van der Waals surface area contributed by atoms with Crippen molar-refractivity contribution >= 4 is 16.9 Å². The molecule has 0 radical (unpaired) electrons. The van der Waals surface area contributed by atoms with E-state index in [0.717, 1.165) is 28.0 Å². The van der Waals surface area contributed by atoms with Crippen molar-refractivity contribution < 1.29 is 19.4 Å². The highest BCUT2D eigenvalue weighted by atomic mass is 16.5. The van der Waals surface area contributed by atoms with Gasteiger partial charge >= 0.3 is 0 Å². The predicted octanol–water partition coefficient (Wildman–Crippen LogP) is 2.91. The normalized spacial score (nSPS) is 11.1. The number of hydrogen-bond acceptors (Lipinski definition) is 5. The smallest absolute Gasteiger partial charge is 0.251 e. The van der Waals surface area contributed by atoms with Crippen LogP contribution in [0.3, 0.4) is 0 Å². The number of aliphatic hydroxyl groups is 1. The lowest BCUT2D eigenvalue weighted by Crippen LogP contribution is -2.26. The predicted molar refractivity (Wildman–Crippen MR) is 116 cm³/mol. The van der Waals surface area contributed by atoms with Gasteiger partial charge in [0.15, 0.2) is 0 Å². The second-order valence-corrected chi connectivity index (χ2v) is 7.28. The second kappa shape index (κ2) is 9.73. The molecule has 7 heteroatoms. The first kappa shape index (κ1) is 21.8. The molecular formula is C23H29N3O4. The molecule has 0 saturated heterocycles. The molecule has 0 unspecified atom stereocenters. The molecule has 2 aromatic carbocycles. The van der Waals surface area contributed by atoms with Crippen LogP contribution in [0.5, 0.6) is 5.75 Å². The van der Waals surface area contributed by atoms with E-state index < -0.39 is 0 Å². The SMILES string of the molecule is COCCn1c(C)nc2cc(C(=O)NCCO)cc(OCc3c(C)cccc3C)c21. The van der Waals surface area contributed by atoms with Gasteiger partial charge in [-0.3, -0.25) is 4.79 Å². The average Bonchev–Trinajstić information content (AvgIpc) is 3.04. The van der Waals surface area contributed by atoms with Gasteiger partial charge in [0, 0.05) is 25.8 Å². The fourth-order valence-electron chi connectivity index (χ4n) is 3.54. The Balaban J connectivity index is 2.04. The van der Waals surface area contributed by atoms with E-state index in [1.165, 1.54) is 0 Å². The van der Waals surface area contributed by atoms with Crippen LogP contribution in [0.2, 0.25) is 0 Å². The number of hydrogen-bond donors (Lipinski definition) is 2. The van der Waals surface area contributed by atoms with Crippen molar-refractivity contribution in [1.29, 1.82) is 0 Å².